The highest BCUT2D eigenvalue weighted by molar-refractivity contribution is 14.1. The van der Waals surface area contributed by atoms with Gasteiger partial charge in [-0.05, 0) is 40.8 Å². The van der Waals surface area contributed by atoms with E-state index in [1.807, 2.05) is 0 Å². The number of carbonyl (C=O) groups is 1. The predicted octanol–water partition coefficient (Wildman–Crippen LogP) is 2.97. The van der Waals surface area contributed by atoms with Gasteiger partial charge < -0.3 is 4.74 Å². The fourth-order valence-electron chi connectivity index (χ4n) is 1.43. The molecule has 0 radical (unpaired) electrons. The van der Waals surface area contributed by atoms with Crippen LogP contribution in [0.3, 0.4) is 0 Å². The minimum absolute atomic E-state index is 0.181. The third-order valence-electron chi connectivity index (χ3n) is 2.25. The van der Waals surface area contributed by atoms with Gasteiger partial charge >= 0.3 is 0 Å². The molecule has 0 fully saturated rings. The van der Waals surface area contributed by atoms with Crippen molar-refractivity contribution in [2.45, 2.75) is 0 Å². The lowest BCUT2D eigenvalue weighted by Crippen LogP contribution is -2.09. The van der Waals surface area contributed by atoms with Crippen LogP contribution in [0.15, 0.2) is 30.6 Å². The molecule has 0 bridgehead atoms. The molecule has 4 nitrogen and oxygen atoms in total. The van der Waals surface area contributed by atoms with Gasteiger partial charge in [0.1, 0.15) is 0 Å². The number of carbonyl (C=O) groups excluding carboxylic acids is 1. The minimum Gasteiger partial charge on any atom is -0.479 e. The molecule has 18 heavy (non-hydrogen) atoms. The van der Waals surface area contributed by atoms with Gasteiger partial charge in [-0.2, -0.15) is 0 Å². The van der Waals surface area contributed by atoms with Crippen molar-refractivity contribution in [3.05, 3.63) is 50.4 Å². The number of halogens is 2. The number of hydrogen-bond donors (Lipinski definition) is 0. The van der Waals surface area contributed by atoms with E-state index < -0.39 is 0 Å². The molecule has 6 heteroatoms. The third-order valence-corrected chi connectivity index (χ3v) is 3.42. The predicted molar refractivity (Wildman–Crippen MR) is 76.2 cm³/mol. The number of ketones is 1. The normalized spacial score (nSPS) is 10.2. The Labute approximate surface area is 122 Å². The number of rotatable bonds is 3. The first-order chi connectivity index (χ1) is 8.63. The van der Waals surface area contributed by atoms with E-state index in [1.165, 1.54) is 19.5 Å². The fraction of sp³-hybridized carbons (Fsp3) is 0.0833. The van der Waals surface area contributed by atoms with Gasteiger partial charge in [0.15, 0.2) is 5.69 Å². The zero-order valence-corrected chi connectivity index (χ0v) is 12.3. The summed E-state index contributed by atoms with van der Waals surface area (Å²) in [4.78, 5) is 20.3. The first kappa shape index (κ1) is 13.2. The summed E-state index contributed by atoms with van der Waals surface area (Å²) in [6, 6.07) is 5.12. The van der Waals surface area contributed by atoms with E-state index in [2.05, 4.69) is 32.6 Å². The SMILES string of the molecule is COc1nccnc1C(=O)c1cc(Cl)ccc1I. The average Bonchev–Trinajstić information content (AvgIpc) is 2.40. The molecule has 1 aromatic heterocycles. The highest BCUT2D eigenvalue weighted by atomic mass is 127. The van der Waals surface area contributed by atoms with E-state index in [1.54, 1.807) is 18.2 Å². The number of methoxy groups -OCH3 is 1. The van der Waals surface area contributed by atoms with Gasteiger partial charge in [0.2, 0.25) is 11.7 Å². The summed E-state index contributed by atoms with van der Waals surface area (Å²) in [7, 11) is 1.45. The Morgan fingerprint density at radius 1 is 1.33 bits per heavy atom. The van der Waals surface area contributed by atoms with Crippen molar-refractivity contribution in [2.24, 2.45) is 0 Å². The molecule has 0 aliphatic rings. The van der Waals surface area contributed by atoms with Crippen molar-refractivity contribution in [2.75, 3.05) is 7.11 Å². The van der Waals surface area contributed by atoms with Crippen LogP contribution in [0.2, 0.25) is 5.02 Å². The van der Waals surface area contributed by atoms with E-state index >= 15 is 0 Å². The summed E-state index contributed by atoms with van der Waals surface area (Å²) in [6.07, 6.45) is 2.92. The molecular formula is C12H8ClIN2O2. The van der Waals surface area contributed by atoms with Crippen LogP contribution in [0, 0.1) is 3.57 Å². The van der Waals surface area contributed by atoms with Gasteiger partial charge in [-0.15, -0.1) is 0 Å². The van der Waals surface area contributed by atoms with Crippen molar-refractivity contribution in [1.82, 2.24) is 9.97 Å². The summed E-state index contributed by atoms with van der Waals surface area (Å²) in [5, 5.41) is 0.502. The summed E-state index contributed by atoms with van der Waals surface area (Å²) in [5.74, 6) is -0.0508. The van der Waals surface area contributed by atoms with Crippen LogP contribution in [-0.2, 0) is 0 Å². The lowest BCUT2D eigenvalue weighted by atomic mass is 10.1. The lowest BCUT2D eigenvalue weighted by Gasteiger charge is -2.06. The van der Waals surface area contributed by atoms with Crippen LogP contribution in [0.5, 0.6) is 5.88 Å². The first-order valence-corrected chi connectivity index (χ1v) is 6.44. The van der Waals surface area contributed by atoms with E-state index in [-0.39, 0.29) is 17.4 Å². The Kier molecular flexibility index (Phi) is 4.13. The maximum absolute atomic E-state index is 12.4. The second-order valence-electron chi connectivity index (χ2n) is 3.37. The number of aromatic nitrogens is 2. The van der Waals surface area contributed by atoms with Crippen molar-refractivity contribution >= 4 is 40.0 Å². The molecule has 0 spiro atoms. The molecule has 2 aromatic rings. The standard InChI is InChI=1S/C12H8ClIN2O2/c1-18-12-10(15-4-5-16-12)11(17)8-6-7(13)2-3-9(8)14/h2-6H,1H3. The highest BCUT2D eigenvalue weighted by Gasteiger charge is 2.19. The second-order valence-corrected chi connectivity index (χ2v) is 4.97. The van der Waals surface area contributed by atoms with Gasteiger partial charge in [-0.25, -0.2) is 9.97 Å². The molecular weight excluding hydrogens is 367 g/mol. The van der Waals surface area contributed by atoms with Crippen molar-refractivity contribution in [1.29, 1.82) is 0 Å². The maximum Gasteiger partial charge on any atom is 0.243 e. The number of hydrogen-bond acceptors (Lipinski definition) is 4. The Hall–Kier alpha value is -1.21. The van der Waals surface area contributed by atoms with Crippen LogP contribution in [-0.4, -0.2) is 22.9 Å². The lowest BCUT2D eigenvalue weighted by molar-refractivity contribution is 0.102. The van der Waals surface area contributed by atoms with Gasteiger partial charge in [0, 0.05) is 26.5 Å². The van der Waals surface area contributed by atoms with E-state index in [4.69, 9.17) is 16.3 Å². The van der Waals surface area contributed by atoms with Crippen molar-refractivity contribution in [3.8, 4) is 5.88 Å². The largest absolute Gasteiger partial charge is 0.479 e. The van der Waals surface area contributed by atoms with Crippen molar-refractivity contribution in [3.63, 3.8) is 0 Å². The monoisotopic (exact) mass is 374 g/mol. The summed E-state index contributed by atoms with van der Waals surface area (Å²) < 4.78 is 5.83. The van der Waals surface area contributed by atoms with Crippen LogP contribution in [0.4, 0.5) is 0 Å². The topological polar surface area (TPSA) is 52.1 Å². The van der Waals surface area contributed by atoms with Gasteiger partial charge in [-0.3, -0.25) is 4.79 Å². The second kappa shape index (κ2) is 5.62. The fourth-order valence-corrected chi connectivity index (χ4v) is 2.18. The molecule has 0 amide bonds. The van der Waals surface area contributed by atoms with Gasteiger partial charge in [-0.1, -0.05) is 11.6 Å². The maximum atomic E-state index is 12.4. The van der Waals surface area contributed by atoms with Crippen molar-refractivity contribution < 1.29 is 9.53 Å². The third kappa shape index (κ3) is 2.62. The van der Waals surface area contributed by atoms with E-state index in [0.717, 1.165) is 3.57 Å². The summed E-state index contributed by atoms with van der Waals surface area (Å²) in [6.45, 7) is 0. The van der Waals surface area contributed by atoms with E-state index in [9.17, 15) is 4.79 Å². The molecule has 0 saturated heterocycles. The van der Waals surface area contributed by atoms with Crippen LogP contribution in [0.1, 0.15) is 16.1 Å². The molecule has 92 valence electrons. The molecule has 2 rings (SSSR count). The zero-order chi connectivity index (χ0) is 13.1. The number of ether oxygens (including phenoxy) is 1. The smallest absolute Gasteiger partial charge is 0.243 e. The molecule has 0 atom stereocenters. The molecule has 0 aliphatic heterocycles. The molecule has 0 saturated carbocycles. The molecule has 1 heterocycles. The Morgan fingerprint density at radius 2 is 2.06 bits per heavy atom. The summed E-state index contributed by atoms with van der Waals surface area (Å²) >= 11 is 7.97. The van der Waals surface area contributed by atoms with Gasteiger partial charge in [0.25, 0.3) is 0 Å². The summed E-state index contributed by atoms with van der Waals surface area (Å²) in [5.41, 5.74) is 0.669. The van der Waals surface area contributed by atoms with Gasteiger partial charge in [0.05, 0.1) is 7.11 Å². The molecule has 0 N–H and O–H groups in total. The average molecular weight is 375 g/mol. The molecule has 0 aliphatic carbocycles. The van der Waals surface area contributed by atoms with Crippen LogP contribution >= 0.6 is 34.2 Å². The first-order valence-electron chi connectivity index (χ1n) is 4.98. The Morgan fingerprint density at radius 3 is 2.78 bits per heavy atom. The Balaban J connectivity index is 2.51. The highest BCUT2D eigenvalue weighted by Crippen LogP contribution is 2.23. The van der Waals surface area contributed by atoms with Crippen LogP contribution < -0.4 is 4.74 Å². The Bertz CT molecular complexity index is 604. The quantitative estimate of drug-likeness (QED) is 0.612. The zero-order valence-electron chi connectivity index (χ0n) is 9.35. The number of nitrogens with zero attached hydrogens (tertiary/aromatic N) is 2. The number of benzene rings is 1. The molecule has 1 aromatic carbocycles. The van der Waals surface area contributed by atoms with Crippen LogP contribution in [0.25, 0.3) is 0 Å². The minimum atomic E-state index is -0.258. The van der Waals surface area contributed by atoms with E-state index in [0.29, 0.717) is 10.6 Å². The molecule has 0 unspecified atom stereocenters.